The Kier molecular flexibility index (Phi) is 5.40. The second-order valence-corrected chi connectivity index (χ2v) is 5.55. The first-order valence-corrected chi connectivity index (χ1v) is 6.64. The van der Waals surface area contributed by atoms with Gasteiger partial charge in [-0.15, -0.1) is 0 Å². The van der Waals surface area contributed by atoms with Crippen molar-refractivity contribution in [1.29, 1.82) is 0 Å². The number of carbonyl (C=O) groups is 1. The number of aliphatic hydroxyl groups excluding tert-OH is 1. The van der Waals surface area contributed by atoms with Gasteiger partial charge in [-0.25, -0.2) is 0 Å². The van der Waals surface area contributed by atoms with Crippen LogP contribution in [0.4, 0.5) is 0 Å². The molecule has 0 spiro atoms. The lowest BCUT2D eigenvalue weighted by Crippen LogP contribution is -2.52. The van der Waals surface area contributed by atoms with E-state index in [9.17, 15) is 9.90 Å². The number of carbonyl (C=O) groups excluding carboxylic acids is 1. The van der Waals surface area contributed by atoms with Gasteiger partial charge in [-0.05, 0) is 33.6 Å². The lowest BCUT2D eigenvalue weighted by molar-refractivity contribution is -0.130. The zero-order valence-electron chi connectivity index (χ0n) is 11.3. The minimum Gasteiger partial charge on any atom is -0.392 e. The summed E-state index contributed by atoms with van der Waals surface area (Å²) in [6, 6.07) is 0. The van der Waals surface area contributed by atoms with Crippen molar-refractivity contribution in [3.05, 3.63) is 0 Å². The van der Waals surface area contributed by atoms with E-state index < -0.39 is 11.6 Å². The highest BCUT2D eigenvalue weighted by molar-refractivity contribution is 5.78. The summed E-state index contributed by atoms with van der Waals surface area (Å²) in [5, 5.41) is 12.7. The van der Waals surface area contributed by atoms with Crippen LogP contribution < -0.4 is 5.32 Å². The summed E-state index contributed by atoms with van der Waals surface area (Å²) in [7, 11) is 0. The summed E-state index contributed by atoms with van der Waals surface area (Å²) < 4.78 is 0. The average molecular weight is 242 g/mol. The predicted octanol–water partition coefficient (Wildman–Crippen LogP) is 1.14. The van der Waals surface area contributed by atoms with Gasteiger partial charge in [0.15, 0.2) is 0 Å². The highest BCUT2D eigenvalue weighted by Gasteiger charge is 2.25. The van der Waals surface area contributed by atoms with Gasteiger partial charge >= 0.3 is 0 Å². The third-order valence-corrected chi connectivity index (χ3v) is 3.70. The summed E-state index contributed by atoms with van der Waals surface area (Å²) in [6.07, 6.45) is 4.23. The molecule has 1 unspecified atom stereocenters. The van der Waals surface area contributed by atoms with Crippen LogP contribution in [0.2, 0.25) is 0 Å². The van der Waals surface area contributed by atoms with Crippen molar-refractivity contribution in [2.75, 3.05) is 19.6 Å². The maximum absolute atomic E-state index is 12.0. The Labute approximate surface area is 104 Å². The first kappa shape index (κ1) is 14.5. The molecule has 4 heteroatoms. The molecule has 2 N–H and O–H groups in total. The standard InChI is InChI=1S/C13H26N2O2/c1-11(16)13(2,3)14-10-12(17)15-8-6-4-5-7-9-15/h11,14,16H,4-10H2,1-3H3. The molecule has 1 saturated heterocycles. The molecule has 1 aliphatic heterocycles. The smallest absolute Gasteiger partial charge is 0.236 e. The van der Waals surface area contributed by atoms with E-state index in [4.69, 9.17) is 0 Å². The molecule has 0 saturated carbocycles. The molecule has 17 heavy (non-hydrogen) atoms. The van der Waals surface area contributed by atoms with E-state index in [2.05, 4.69) is 5.32 Å². The first-order chi connectivity index (χ1) is 7.93. The van der Waals surface area contributed by atoms with E-state index in [1.54, 1.807) is 6.92 Å². The fourth-order valence-electron chi connectivity index (χ4n) is 1.88. The summed E-state index contributed by atoms with van der Waals surface area (Å²) in [5.41, 5.74) is -0.415. The number of likely N-dealkylation sites (tertiary alicyclic amines) is 1. The van der Waals surface area contributed by atoms with E-state index in [0.29, 0.717) is 6.54 Å². The highest BCUT2D eigenvalue weighted by Crippen LogP contribution is 2.11. The Bertz CT molecular complexity index is 244. The van der Waals surface area contributed by atoms with E-state index in [0.717, 1.165) is 25.9 Å². The quantitative estimate of drug-likeness (QED) is 0.777. The molecule has 0 aromatic carbocycles. The summed E-state index contributed by atoms with van der Waals surface area (Å²) in [5.74, 6) is 0.153. The van der Waals surface area contributed by atoms with Crippen molar-refractivity contribution in [3.63, 3.8) is 0 Å². The predicted molar refractivity (Wildman–Crippen MR) is 68.8 cm³/mol. The van der Waals surface area contributed by atoms with Crippen molar-refractivity contribution < 1.29 is 9.90 Å². The molecule has 0 aliphatic carbocycles. The van der Waals surface area contributed by atoms with Gasteiger partial charge in [0.25, 0.3) is 0 Å². The molecule has 1 amide bonds. The van der Waals surface area contributed by atoms with Crippen LogP contribution in [0.3, 0.4) is 0 Å². The van der Waals surface area contributed by atoms with Gasteiger partial charge in [-0.3, -0.25) is 4.79 Å². The fourth-order valence-corrected chi connectivity index (χ4v) is 1.88. The monoisotopic (exact) mass is 242 g/mol. The van der Waals surface area contributed by atoms with Gasteiger partial charge in [-0.1, -0.05) is 12.8 Å². The van der Waals surface area contributed by atoms with Crippen molar-refractivity contribution in [3.8, 4) is 0 Å². The van der Waals surface area contributed by atoms with Gasteiger partial charge in [0, 0.05) is 18.6 Å². The Balaban J connectivity index is 2.38. The van der Waals surface area contributed by atoms with E-state index >= 15 is 0 Å². The van der Waals surface area contributed by atoms with Gasteiger partial charge in [-0.2, -0.15) is 0 Å². The Morgan fingerprint density at radius 1 is 1.29 bits per heavy atom. The second kappa shape index (κ2) is 6.36. The molecule has 1 heterocycles. The van der Waals surface area contributed by atoms with Gasteiger partial charge in [0.05, 0.1) is 12.6 Å². The largest absolute Gasteiger partial charge is 0.392 e. The van der Waals surface area contributed by atoms with Crippen LogP contribution in [0.15, 0.2) is 0 Å². The highest BCUT2D eigenvalue weighted by atomic mass is 16.3. The minimum atomic E-state index is -0.473. The number of aliphatic hydroxyl groups is 1. The molecular formula is C13H26N2O2. The molecule has 0 aromatic rings. The zero-order valence-corrected chi connectivity index (χ0v) is 11.3. The van der Waals surface area contributed by atoms with Crippen LogP contribution in [0.5, 0.6) is 0 Å². The molecule has 0 radical (unpaired) electrons. The Morgan fingerprint density at radius 2 is 1.82 bits per heavy atom. The topological polar surface area (TPSA) is 52.6 Å². The molecule has 1 rings (SSSR count). The number of hydrogen-bond acceptors (Lipinski definition) is 3. The van der Waals surface area contributed by atoms with Gasteiger partial charge in [0.2, 0.25) is 5.91 Å². The second-order valence-electron chi connectivity index (χ2n) is 5.55. The minimum absolute atomic E-state index is 0.153. The van der Waals surface area contributed by atoms with Gasteiger partial charge in [0.1, 0.15) is 0 Å². The number of hydrogen-bond donors (Lipinski definition) is 2. The molecule has 4 nitrogen and oxygen atoms in total. The third kappa shape index (κ3) is 4.64. The summed E-state index contributed by atoms with van der Waals surface area (Å²) in [6.45, 7) is 7.65. The average Bonchev–Trinajstić information content (AvgIpc) is 2.54. The maximum Gasteiger partial charge on any atom is 0.236 e. The van der Waals surface area contributed by atoms with E-state index in [1.807, 2.05) is 18.7 Å². The fraction of sp³-hybridized carbons (Fsp3) is 0.923. The molecule has 1 aliphatic rings. The normalized spacial score (nSPS) is 19.9. The van der Waals surface area contributed by atoms with Crippen LogP contribution in [0, 0.1) is 0 Å². The summed E-state index contributed by atoms with van der Waals surface area (Å²) in [4.78, 5) is 13.9. The van der Waals surface area contributed by atoms with Crippen molar-refractivity contribution in [1.82, 2.24) is 10.2 Å². The lowest BCUT2D eigenvalue weighted by Gasteiger charge is -2.30. The van der Waals surface area contributed by atoms with E-state index in [-0.39, 0.29) is 5.91 Å². The number of nitrogens with zero attached hydrogens (tertiary/aromatic N) is 1. The molecule has 100 valence electrons. The number of amides is 1. The maximum atomic E-state index is 12.0. The van der Waals surface area contributed by atoms with Crippen LogP contribution in [-0.4, -0.2) is 47.2 Å². The van der Waals surface area contributed by atoms with Crippen molar-refractivity contribution in [2.45, 2.75) is 58.1 Å². The molecule has 1 fully saturated rings. The Morgan fingerprint density at radius 3 is 2.29 bits per heavy atom. The molecule has 0 bridgehead atoms. The molecular weight excluding hydrogens is 216 g/mol. The molecule has 0 aromatic heterocycles. The van der Waals surface area contributed by atoms with Crippen molar-refractivity contribution >= 4 is 5.91 Å². The first-order valence-electron chi connectivity index (χ1n) is 6.64. The van der Waals surface area contributed by atoms with Crippen LogP contribution in [-0.2, 0) is 4.79 Å². The number of nitrogens with one attached hydrogen (secondary N) is 1. The lowest BCUT2D eigenvalue weighted by atomic mass is 9.99. The van der Waals surface area contributed by atoms with Crippen LogP contribution in [0.1, 0.15) is 46.5 Å². The molecule has 1 atom stereocenters. The third-order valence-electron chi connectivity index (χ3n) is 3.70. The summed E-state index contributed by atoms with van der Waals surface area (Å²) >= 11 is 0. The van der Waals surface area contributed by atoms with Gasteiger partial charge < -0.3 is 15.3 Å². The van der Waals surface area contributed by atoms with Crippen molar-refractivity contribution in [2.24, 2.45) is 0 Å². The van der Waals surface area contributed by atoms with Crippen LogP contribution in [0.25, 0.3) is 0 Å². The van der Waals surface area contributed by atoms with Crippen LogP contribution >= 0.6 is 0 Å². The zero-order chi connectivity index (χ0) is 12.9. The van der Waals surface area contributed by atoms with E-state index in [1.165, 1.54) is 12.8 Å². The number of rotatable bonds is 4. The SMILES string of the molecule is CC(O)C(C)(C)NCC(=O)N1CCCCCC1. The Hall–Kier alpha value is -0.610.